The molecular weight excluding hydrogens is 228 g/mol. The SMILES string of the molecule is Cc1ncc([N+](=O)[O-])n1CCSCC(C)N. The molecule has 0 aliphatic rings. The van der Waals surface area contributed by atoms with E-state index >= 15 is 0 Å². The molecule has 0 spiro atoms. The summed E-state index contributed by atoms with van der Waals surface area (Å²) in [7, 11) is 0. The first-order valence-electron chi connectivity index (χ1n) is 5.02. The van der Waals surface area contributed by atoms with E-state index in [1.807, 2.05) is 6.92 Å². The zero-order chi connectivity index (χ0) is 12.1. The third kappa shape index (κ3) is 3.49. The lowest BCUT2D eigenvalue weighted by Crippen LogP contribution is -2.18. The summed E-state index contributed by atoms with van der Waals surface area (Å²) in [6, 6.07) is 0.156. The van der Waals surface area contributed by atoms with Crippen molar-refractivity contribution in [3.05, 3.63) is 22.1 Å². The molecule has 1 rings (SSSR count). The van der Waals surface area contributed by atoms with Crippen LogP contribution in [0.25, 0.3) is 0 Å². The number of nitrogens with two attached hydrogens (primary N) is 1. The Labute approximate surface area is 98.4 Å². The van der Waals surface area contributed by atoms with Gasteiger partial charge in [-0.05, 0) is 11.8 Å². The molecule has 0 radical (unpaired) electrons. The summed E-state index contributed by atoms with van der Waals surface area (Å²) in [5.74, 6) is 2.40. The van der Waals surface area contributed by atoms with Crippen molar-refractivity contribution in [1.29, 1.82) is 0 Å². The molecule has 1 unspecified atom stereocenters. The molecule has 1 heterocycles. The second-order valence-electron chi connectivity index (χ2n) is 3.62. The normalized spacial score (nSPS) is 12.7. The van der Waals surface area contributed by atoms with Crippen LogP contribution in [-0.4, -0.2) is 32.0 Å². The fourth-order valence-electron chi connectivity index (χ4n) is 1.30. The van der Waals surface area contributed by atoms with Crippen LogP contribution in [0.3, 0.4) is 0 Å². The first kappa shape index (κ1) is 13.0. The van der Waals surface area contributed by atoms with Crippen LogP contribution in [0.4, 0.5) is 5.82 Å². The highest BCUT2D eigenvalue weighted by Crippen LogP contribution is 2.14. The van der Waals surface area contributed by atoms with E-state index in [0.717, 1.165) is 11.5 Å². The van der Waals surface area contributed by atoms with Gasteiger partial charge in [0.15, 0.2) is 5.82 Å². The monoisotopic (exact) mass is 244 g/mol. The molecule has 0 saturated heterocycles. The Morgan fingerprint density at radius 2 is 2.44 bits per heavy atom. The molecule has 0 saturated carbocycles. The summed E-state index contributed by atoms with van der Waals surface area (Å²) < 4.78 is 1.62. The fraction of sp³-hybridized carbons (Fsp3) is 0.667. The number of aromatic nitrogens is 2. The fourth-order valence-corrected chi connectivity index (χ4v) is 2.15. The summed E-state index contributed by atoms with van der Waals surface area (Å²) in [6.45, 7) is 4.31. The van der Waals surface area contributed by atoms with Crippen molar-refractivity contribution in [2.45, 2.75) is 26.4 Å². The minimum absolute atomic E-state index is 0.0545. The number of thioether (sulfide) groups is 1. The van der Waals surface area contributed by atoms with Gasteiger partial charge in [-0.15, -0.1) is 0 Å². The van der Waals surface area contributed by atoms with E-state index in [9.17, 15) is 10.1 Å². The summed E-state index contributed by atoms with van der Waals surface area (Å²) in [4.78, 5) is 14.2. The van der Waals surface area contributed by atoms with E-state index in [1.165, 1.54) is 6.20 Å². The lowest BCUT2D eigenvalue weighted by Gasteiger charge is -2.05. The lowest BCUT2D eigenvalue weighted by atomic mass is 10.4. The van der Waals surface area contributed by atoms with Crippen molar-refractivity contribution < 1.29 is 4.92 Å². The maximum absolute atomic E-state index is 10.7. The molecule has 0 aliphatic heterocycles. The van der Waals surface area contributed by atoms with Crippen LogP contribution < -0.4 is 5.73 Å². The molecule has 16 heavy (non-hydrogen) atoms. The molecule has 2 N–H and O–H groups in total. The Morgan fingerprint density at radius 3 is 3.00 bits per heavy atom. The molecular formula is C9H16N4O2S. The van der Waals surface area contributed by atoms with Gasteiger partial charge in [-0.25, -0.2) is 9.55 Å². The number of nitro groups is 1. The van der Waals surface area contributed by atoms with Gasteiger partial charge in [0.1, 0.15) is 12.7 Å². The van der Waals surface area contributed by atoms with Crippen molar-refractivity contribution in [3.8, 4) is 0 Å². The van der Waals surface area contributed by atoms with E-state index in [0.29, 0.717) is 12.4 Å². The van der Waals surface area contributed by atoms with Gasteiger partial charge < -0.3 is 15.8 Å². The maximum Gasteiger partial charge on any atom is 0.342 e. The van der Waals surface area contributed by atoms with Gasteiger partial charge in [-0.3, -0.25) is 0 Å². The van der Waals surface area contributed by atoms with Crippen molar-refractivity contribution in [3.63, 3.8) is 0 Å². The van der Waals surface area contributed by atoms with Crippen LogP contribution in [0.5, 0.6) is 0 Å². The number of aryl methyl sites for hydroxylation is 1. The first-order chi connectivity index (χ1) is 7.52. The largest absolute Gasteiger partial charge is 0.358 e. The summed E-state index contributed by atoms with van der Waals surface area (Å²) in [5.41, 5.74) is 5.61. The molecule has 0 aromatic carbocycles. The van der Waals surface area contributed by atoms with Gasteiger partial charge in [-0.1, -0.05) is 0 Å². The highest BCUT2D eigenvalue weighted by atomic mass is 32.2. The third-order valence-electron chi connectivity index (χ3n) is 2.06. The Kier molecular flexibility index (Phi) is 4.75. The van der Waals surface area contributed by atoms with Gasteiger partial charge in [-0.2, -0.15) is 11.8 Å². The predicted octanol–water partition coefficient (Wildman–Crippen LogP) is 1.18. The zero-order valence-electron chi connectivity index (χ0n) is 9.42. The van der Waals surface area contributed by atoms with Crippen molar-refractivity contribution in [2.24, 2.45) is 5.73 Å². The Balaban J connectivity index is 2.52. The molecule has 1 aromatic rings. The molecule has 0 aliphatic carbocycles. The summed E-state index contributed by atoms with van der Waals surface area (Å²) >= 11 is 1.69. The van der Waals surface area contributed by atoms with Crippen molar-refractivity contribution >= 4 is 17.6 Å². The van der Waals surface area contributed by atoms with Crippen LogP contribution in [0.15, 0.2) is 6.20 Å². The summed E-state index contributed by atoms with van der Waals surface area (Å²) in [5, 5.41) is 10.7. The maximum atomic E-state index is 10.7. The Bertz CT molecular complexity index is 364. The van der Waals surface area contributed by atoms with Gasteiger partial charge in [0.25, 0.3) is 0 Å². The zero-order valence-corrected chi connectivity index (χ0v) is 10.2. The standard InChI is InChI=1S/C9H16N4O2S/c1-7(10)6-16-4-3-12-8(2)11-5-9(12)13(14)15/h5,7H,3-4,6,10H2,1-2H3. The first-order valence-corrected chi connectivity index (χ1v) is 6.17. The molecule has 7 heteroatoms. The number of imidazole rings is 1. The summed E-state index contributed by atoms with van der Waals surface area (Å²) in [6.07, 6.45) is 1.30. The molecule has 0 bridgehead atoms. The molecule has 6 nitrogen and oxygen atoms in total. The van der Waals surface area contributed by atoms with E-state index in [1.54, 1.807) is 23.3 Å². The smallest absolute Gasteiger partial charge is 0.342 e. The van der Waals surface area contributed by atoms with Crippen LogP contribution in [-0.2, 0) is 6.54 Å². The number of nitrogens with zero attached hydrogens (tertiary/aromatic N) is 3. The van der Waals surface area contributed by atoms with Crippen LogP contribution >= 0.6 is 11.8 Å². The predicted molar refractivity (Wildman–Crippen MR) is 64.6 cm³/mol. The van der Waals surface area contributed by atoms with Gasteiger partial charge in [0, 0.05) is 24.5 Å². The lowest BCUT2D eigenvalue weighted by molar-refractivity contribution is -0.392. The number of hydrogen-bond donors (Lipinski definition) is 1. The second kappa shape index (κ2) is 5.86. The number of hydrogen-bond acceptors (Lipinski definition) is 5. The third-order valence-corrected chi connectivity index (χ3v) is 3.29. The van der Waals surface area contributed by atoms with Crippen molar-refractivity contribution in [1.82, 2.24) is 9.55 Å². The average Bonchev–Trinajstić information content (AvgIpc) is 2.54. The molecule has 0 amide bonds. The minimum atomic E-state index is -0.407. The minimum Gasteiger partial charge on any atom is -0.358 e. The number of rotatable bonds is 6. The van der Waals surface area contributed by atoms with E-state index in [-0.39, 0.29) is 11.9 Å². The van der Waals surface area contributed by atoms with Gasteiger partial charge in [0.2, 0.25) is 0 Å². The van der Waals surface area contributed by atoms with Crippen LogP contribution in [0, 0.1) is 17.0 Å². The second-order valence-corrected chi connectivity index (χ2v) is 4.77. The van der Waals surface area contributed by atoms with Crippen molar-refractivity contribution in [2.75, 3.05) is 11.5 Å². The molecule has 1 aromatic heterocycles. The molecule has 0 fully saturated rings. The topological polar surface area (TPSA) is 87.0 Å². The van der Waals surface area contributed by atoms with E-state index in [2.05, 4.69) is 4.98 Å². The highest BCUT2D eigenvalue weighted by Gasteiger charge is 2.16. The Hall–Kier alpha value is -1.08. The highest BCUT2D eigenvalue weighted by molar-refractivity contribution is 7.99. The van der Waals surface area contributed by atoms with E-state index in [4.69, 9.17) is 5.73 Å². The van der Waals surface area contributed by atoms with E-state index < -0.39 is 4.92 Å². The van der Waals surface area contributed by atoms with Crippen LogP contribution in [0.1, 0.15) is 12.7 Å². The molecule has 1 atom stereocenters. The Morgan fingerprint density at radius 1 is 1.75 bits per heavy atom. The van der Waals surface area contributed by atoms with Gasteiger partial charge in [0.05, 0.1) is 0 Å². The quantitative estimate of drug-likeness (QED) is 0.461. The average molecular weight is 244 g/mol. The van der Waals surface area contributed by atoms with Crippen LogP contribution in [0.2, 0.25) is 0 Å². The van der Waals surface area contributed by atoms with Gasteiger partial charge >= 0.3 is 5.82 Å². The molecule has 90 valence electrons.